The molecule has 3 rings (SSSR count). The van der Waals surface area contributed by atoms with E-state index in [0.29, 0.717) is 34.6 Å². The van der Waals surface area contributed by atoms with Crippen LogP contribution in [0.1, 0.15) is 18.5 Å². The molecule has 0 atom stereocenters. The number of aryl methyl sites for hydroxylation is 1. The SMILES string of the molecule is COC(=O)CCCc1cc2nc(Cl)ccc2n1S(=O)(=O)c1ccc(Cl)cc1. The minimum atomic E-state index is -3.88. The highest BCUT2D eigenvalue weighted by Gasteiger charge is 2.23. The van der Waals surface area contributed by atoms with E-state index in [1.54, 1.807) is 12.1 Å². The van der Waals surface area contributed by atoms with E-state index in [1.165, 1.54) is 41.4 Å². The standard InChI is InChI=1S/C18H16Cl2N2O4S/c1-26-18(23)4-2-3-13-11-15-16(9-10-17(20)21-15)22(13)27(24,25)14-7-5-12(19)6-8-14/h5-11H,2-4H2,1H3. The molecule has 0 saturated carbocycles. The smallest absolute Gasteiger partial charge is 0.305 e. The third kappa shape index (κ3) is 4.10. The largest absolute Gasteiger partial charge is 0.469 e. The van der Waals surface area contributed by atoms with Gasteiger partial charge >= 0.3 is 5.97 Å². The summed E-state index contributed by atoms with van der Waals surface area (Å²) in [6, 6.07) is 10.8. The Balaban J connectivity index is 2.09. The van der Waals surface area contributed by atoms with Crippen LogP contribution in [0.25, 0.3) is 11.0 Å². The average Bonchev–Trinajstić information content (AvgIpc) is 2.99. The lowest BCUT2D eigenvalue weighted by atomic mass is 10.2. The summed E-state index contributed by atoms with van der Waals surface area (Å²) in [6.07, 6.45) is 0.982. The number of halogens is 2. The number of ether oxygens (including phenoxy) is 1. The number of nitrogens with zero attached hydrogens (tertiary/aromatic N) is 2. The summed E-state index contributed by atoms with van der Waals surface area (Å²) >= 11 is 11.8. The third-order valence-corrected chi connectivity index (χ3v) is 6.29. The second-order valence-corrected chi connectivity index (χ2v) is 8.44. The Morgan fingerprint density at radius 2 is 1.85 bits per heavy atom. The van der Waals surface area contributed by atoms with Gasteiger partial charge in [-0.3, -0.25) is 4.79 Å². The highest BCUT2D eigenvalue weighted by atomic mass is 35.5. The van der Waals surface area contributed by atoms with Gasteiger partial charge in [-0.15, -0.1) is 0 Å². The van der Waals surface area contributed by atoms with Gasteiger partial charge in [0.2, 0.25) is 0 Å². The topological polar surface area (TPSA) is 78.3 Å². The summed E-state index contributed by atoms with van der Waals surface area (Å²) in [5.41, 5.74) is 1.40. The second-order valence-electron chi connectivity index (χ2n) is 5.83. The number of fused-ring (bicyclic) bond motifs is 1. The lowest BCUT2D eigenvalue weighted by molar-refractivity contribution is -0.140. The first kappa shape index (κ1) is 19.7. The van der Waals surface area contributed by atoms with Crippen LogP contribution in [0.15, 0.2) is 47.4 Å². The molecule has 0 radical (unpaired) electrons. The Bertz CT molecular complexity index is 1090. The predicted molar refractivity (Wildman–Crippen MR) is 104 cm³/mol. The average molecular weight is 427 g/mol. The monoisotopic (exact) mass is 426 g/mol. The van der Waals surface area contributed by atoms with Crippen LogP contribution in [0.5, 0.6) is 0 Å². The highest BCUT2D eigenvalue weighted by molar-refractivity contribution is 7.90. The van der Waals surface area contributed by atoms with E-state index >= 15 is 0 Å². The summed E-state index contributed by atoms with van der Waals surface area (Å²) in [7, 11) is -2.56. The van der Waals surface area contributed by atoms with Gasteiger partial charge < -0.3 is 4.74 Å². The van der Waals surface area contributed by atoms with Gasteiger partial charge in [-0.05, 0) is 55.3 Å². The number of carbonyl (C=O) groups excluding carboxylic acids is 1. The van der Waals surface area contributed by atoms with Crippen molar-refractivity contribution in [2.24, 2.45) is 0 Å². The number of carbonyl (C=O) groups is 1. The van der Waals surface area contributed by atoms with Gasteiger partial charge in [0.05, 0.1) is 23.0 Å². The van der Waals surface area contributed by atoms with Crippen molar-refractivity contribution >= 4 is 50.2 Å². The molecule has 0 aliphatic carbocycles. The fourth-order valence-electron chi connectivity index (χ4n) is 2.78. The van der Waals surface area contributed by atoms with E-state index in [9.17, 15) is 13.2 Å². The fourth-order valence-corrected chi connectivity index (χ4v) is 4.61. The van der Waals surface area contributed by atoms with E-state index in [1.807, 2.05) is 0 Å². The van der Waals surface area contributed by atoms with Crippen LogP contribution < -0.4 is 0 Å². The lowest BCUT2D eigenvalue weighted by Crippen LogP contribution is -2.16. The number of pyridine rings is 1. The van der Waals surface area contributed by atoms with Crippen LogP contribution in [0, 0.1) is 0 Å². The van der Waals surface area contributed by atoms with Crippen LogP contribution in [0.2, 0.25) is 10.2 Å². The summed E-state index contributed by atoms with van der Waals surface area (Å²) in [5.74, 6) is -0.348. The molecule has 142 valence electrons. The van der Waals surface area contributed by atoms with Gasteiger partial charge in [-0.25, -0.2) is 17.4 Å². The molecular formula is C18H16Cl2N2O4S. The van der Waals surface area contributed by atoms with Crippen molar-refractivity contribution < 1.29 is 17.9 Å². The maximum Gasteiger partial charge on any atom is 0.305 e. The number of methoxy groups -OCH3 is 1. The second kappa shape index (κ2) is 7.88. The van der Waals surface area contributed by atoms with Crippen molar-refractivity contribution in [3.8, 4) is 0 Å². The minimum Gasteiger partial charge on any atom is -0.469 e. The molecule has 2 heterocycles. The van der Waals surface area contributed by atoms with E-state index in [2.05, 4.69) is 9.72 Å². The van der Waals surface area contributed by atoms with Gasteiger partial charge in [0.25, 0.3) is 10.0 Å². The van der Waals surface area contributed by atoms with Crippen LogP contribution >= 0.6 is 23.2 Å². The third-order valence-electron chi connectivity index (χ3n) is 4.04. The van der Waals surface area contributed by atoms with Crippen molar-refractivity contribution in [1.82, 2.24) is 8.96 Å². The molecule has 0 aliphatic rings. The number of esters is 1. The van der Waals surface area contributed by atoms with Crippen LogP contribution in [-0.2, 0) is 26.0 Å². The van der Waals surface area contributed by atoms with E-state index in [0.717, 1.165) is 0 Å². The first-order valence-corrected chi connectivity index (χ1v) is 10.3. The molecule has 0 bridgehead atoms. The molecule has 3 aromatic rings. The quantitative estimate of drug-likeness (QED) is 0.438. The number of benzene rings is 1. The molecule has 0 saturated heterocycles. The molecule has 1 aromatic carbocycles. The highest BCUT2D eigenvalue weighted by Crippen LogP contribution is 2.27. The number of aromatic nitrogens is 2. The normalized spacial score (nSPS) is 11.7. The van der Waals surface area contributed by atoms with Crippen LogP contribution in [-0.4, -0.2) is 30.5 Å². The summed E-state index contributed by atoms with van der Waals surface area (Å²) in [6.45, 7) is 0. The predicted octanol–water partition coefficient (Wildman–Crippen LogP) is 4.08. The van der Waals surface area contributed by atoms with Gasteiger partial charge in [-0.1, -0.05) is 23.2 Å². The van der Waals surface area contributed by atoms with Gasteiger partial charge in [0.15, 0.2) is 0 Å². The number of hydrogen-bond donors (Lipinski definition) is 0. The van der Waals surface area contributed by atoms with Crippen molar-refractivity contribution in [2.45, 2.75) is 24.2 Å². The van der Waals surface area contributed by atoms with E-state index in [4.69, 9.17) is 23.2 Å². The Labute approximate surface area is 166 Å². The molecule has 2 aromatic heterocycles. The molecule has 0 amide bonds. The van der Waals surface area contributed by atoms with Crippen molar-refractivity contribution in [1.29, 1.82) is 0 Å². The summed E-state index contributed by atoms with van der Waals surface area (Å²) < 4.78 is 32.4. The van der Waals surface area contributed by atoms with Crippen molar-refractivity contribution in [3.05, 3.63) is 58.3 Å². The molecule has 6 nitrogen and oxygen atoms in total. The fraction of sp³-hybridized carbons (Fsp3) is 0.222. The molecule has 0 fully saturated rings. The summed E-state index contributed by atoms with van der Waals surface area (Å²) in [4.78, 5) is 15.7. The zero-order valence-corrected chi connectivity index (χ0v) is 16.7. The minimum absolute atomic E-state index is 0.105. The lowest BCUT2D eigenvalue weighted by Gasteiger charge is -2.12. The molecule has 0 N–H and O–H groups in total. The Hall–Kier alpha value is -2.09. The van der Waals surface area contributed by atoms with Gasteiger partial charge in [0.1, 0.15) is 5.15 Å². The van der Waals surface area contributed by atoms with E-state index in [-0.39, 0.29) is 22.4 Å². The molecule has 0 spiro atoms. The van der Waals surface area contributed by atoms with E-state index < -0.39 is 10.0 Å². The first-order valence-electron chi connectivity index (χ1n) is 8.08. The zero-order valence-electron chi connectivity index (χ0n) is 14.4. The Morgan fingerprint density at radius 3 is 2.52 bits per heavy atom. The number of rotatable bonds is 6. The zero-order chi connectivity index (χ0) is 19.6. The number of hydrogen-bond acceptors (Lipinski definition) is 5. The molecule has 9 heteroatoms. The van der Waals surface area contributed by atoms with Gasteiger partial charge in [-0.2, -0.15) is 0 Å². The Kier molecular flexibility index (Phi) is 5.74. The summed E-state index contributed by atoms with van der Waals surface area (Å²) in [5, 5.41) is 0.711. The van der Waals surface area contributed by atoms with Gasteiger partial charge in [0, 0.05) is 17.1 Å². The van der Waals surface area contributed by atoms with Crippen molar-refractivity contribution in [2.75, 3.05) is 7.11 Å². The molecule has 0 aliphatic heterocycles. The van der Waals surface area contributed by atoms with Crippen LogP contribution in [0.4, 0.5) is 0 Å². The van der Waals surface area contributed by atoms with Crippen molar-refractivity contribution in [3.63, 3.8) is 0 Å². The van der Waals surface area contributed by atoms with Crippen LogP contribution in [0.3, 0.4) is 0 Å². The maximum atomic E-state index is 13.2. The molecule has 0 unspecified atom stereocenters. The Morgan fingerprint density at radius 1 is 1.15 bits per heavy atom. The maximum absolute atomic E-state index is 13.2. The molecule has 27 heavy (non-hydrogen) atoms. The first-order chi connectivity index (χ1) is 12.8. The molecular weight excluding hydrogens is 411 g/mol.